The van der Waals surface area contributed by atoms with E-state index in [-0.39, 0.29) is 0 Å². The third-order valence-corrected chi connectivity index (χ3v) is 3.75. The van der Waals surface area contributed by atoms with Gasteiger partial charge in [0.1, 0.15) is 12.0 Å². The number of ether oxygens (including phenoxy) is 1. The maximum atomic E-state index is 10.8. The molecule has 0 amide bonds. The number of halogens is 1. The van der Waals surface area contributed by atoms with E-state index in [4.69, 9.17) is 16.3 Å². The van der Waals surface area contributed by atoms with E-state index in [2.05, 4.69) is 4.57 Å². The van der Waals surface area contributed by atoms with Gasteiger partial charge < -0.3 is 9.30 Å². The van der Waals surface area contributed by atoms with Gasteiger partial charge in [0.15, 0.2) is 0 Å². The highest BCUT2D eigenvalue weighted by molar-refractivity contribution is 6.30. The lowest BCUT2D eigenvalue weighted by atomic mass is 10.1. The van der Waals surface area contributed by atoms with E-state index >= 15 is 0 Å². The van der Waals surface area contributed by atoms with Crippen LogP contribution in [0.2, 0.25) is 5.02 Å². The molecule has 1 aromatic heterocycles. The molecule has 2 aromatic carbocycles. The normalized spacial score (nSPS) is 10.8. The first-order valence-electron chi connectivity index (χ1n) is 6.58. The van der Waals surface area contributed by atoms with Gasteiger partial charge in [-0.3, -0.25) is 4.79 Å². The molecule has 106 valence electrons. The van der Waals surface area contributed by atoms with Crippen molar-refractivity contribution in [2.24, 2.45) is 0 Å². The number of nitrogens with zero attached hydrogens (tertiary/aromatic N) is 1. The highest BCUT2D eigenvalue weighted by atomic mass is 35.5. The van der Waals surface area contributed by atoms with E-state index in [1.807, 2.05) is 48.7 Å². The van der Waals surface area contributed by atoms with Crippen LogP contribution in [0.4, 0.5) is 0 Å². The Hall–Kier alpha value is -2.26. The van der Waals surface area contributed by atoms with Crippen LogP contribution in [0, 0.1) is 0 Å². The third kappa shape index (κ3) is 2.65. The second-order valence-electron chi connectivity index (χ2n) is 4.84. The molecule has 0 fully saturated rings. The van der Waals surface area contributed by atoms with Crippen LogP contribution >= 0.6 is 11.6 Å². The molecule has 3 aromatic rings. The van der Waals surface area contributed by atoms with Crippen LogP contribution in [0.3, 0.4) is 0 Å². The first-order chi connectivity index (χ1) is 10.2. The number of rotatable bonds is 4. The maximum absolute atomic E-state index is 10.8. The molecule has 0 aliphatic carbocycles. The number of hydrogen-bond acceptors (Lipinski definition) is 2. The van der Waals surface area contributed by atoms with Crippen molar-refractivity contribution in [1.29, 1.82) is 0 Å². The summed E-state index contributed by atoms with van der Waals surface area (Å²) < 4.78 is 7.49. The number of methoxy groups -OCH3 is 1. The summed E-state index contributed by atoms with van der Waals surface area (Å²) in [5.41, 5.74) is 2.77. The van der Waals surface area contributed by atoms with Crippen molar-refractivity contribution in [3.63, 3.8) is 0 Å². The smallest absolute Gasteiger partial charge is 0.150 e. The number of carbonyl (C=O) groups is 1. The molecule has 0 N–H and O–H groups in total. The molecule has 0 aliphatic rings. The van der Waals surface area contributed by atoms with Gasteiger partial charge in [0.05, 0.1) is 13.7 Å². The van der Waals surface area contributed by atoms with E-state index in [9.17, 15) is 4.79 Å². The van der Waals surface area contributed by atoms with Gasteiger partial charge in [-0.25, -0.2) is 0 Å². The molecular formula is C17H14ClNO2. The van der Waals surface area contributed by atoms with Crippen LogP contribution in [-0.2, 0) is 6.54 Å². The molecule has 0 atom stereocenters. The number of benzene rings is 2. The highest BCUT2D eigenvalue weighted by Gasteiger charge is 2.07. The average molecular weight is 300 g/mol. The topological polar surface area (TPSA) is 31.2 Å². The third-order valence-electron chi connectivity index (χ3n) is 3.51. The number of hydrogen-bond donors (Lipinski definition) is 0. The van der Waals surface area contributed by atoms with Gasteiger partial charge in [-0.05, 0) is 42.5 Å². The molecule has 0 radical (unpaired) electrons. The Labute approximate surface area is 127 Å². The summed E-state index contributed by atoms with van der Waals surface area (Å²) in [6.45, 7) is 0.660. The minimum atomic E-state index is 0.660. The van der Waals surface area contributed by atoms with Crippen LogP contribution in [0.15, 0.2) is 48.7 Å². The van der Waals surface area contributed by atoms with E-state index in [1.54, 1.807) is 7.11 Å². The molecule has 0 saturated carbocycles. The van der Waals surface area contributed by atoms with Gasteiger partial charge in [-0.2, -0.15) is 0 Å². The fourth-order valence-corrected chi connectivity index (χ4v) is 2.68. The predicted molar refractivity (Wildman–Crippen MR) is 84.4 cm³/mol. The molecule has 0 bridgehead atoms. The summed E-state index contributed by atoms with van der Waals surface area (Å²) in [6.07, 6.45) is 2.86. The van der Waals surface area contributed by atoms with Gasteiger partial charge in [0, 0.05) is 33.2 Å². The molecule has 0 aliphatic heterocycles. The van der Waals surface area contributed by atoms with Gasteiger partial charge in [0.25, 0.3) is 0 Å². The Morgan fingerprint density at radius 1 is 1.19 bits per heavy atom. The predicted octanol–water partition coefficient (Wildman–Crippen LogP) is 4.16. The van der Waals surface area contributed by atoms with Crippen molar-refractivity contribution >= 4 is 28.8 Å². The van der Waals surface area contributed by atoms with Crippen molar-refractivity contribution in [3.05, 3.63) is 64.8 Å². The van der Waals surface area contributed by atoms with Crippen LogP contribution in [0.5, 0.6) is 5.75 Å². The Balaban J connectivity index is 2.02. The van der Waals surface area contributed by atoms with E-state index in [1.165, 1.54) is 0 Å². The zero-order valence-corrected chi connectivity index (χ0v) is 12.3. The number of aromatic nitrogens is 1. The van der Waals surface area contributed by atoms with Crippen LogP contribution < -0.4 is 4.74 Å². The lowest BCUT2D eigenvalue weighted by Crippen LogP contribution is -2.00. The Morgan fingerprint density at radius 3 is 2.81 bits per heavy atom. The minimum absolute atomic E-state index is 0.660. The zero-order valence-electron chi connectivity index (χ0n) is 11.5. The fraction of sp³-hybridized carbons (Fsp3) is 0.118. The molecular weight excluding hydrogens is 286 g/mol. The van der Waals surface area contributed by atoms with Crippen LogP contribution in [0.1, 0.15) is 15.9 Å². The highest BCUT2D eigenvalue weighted by Crippen LogP contribution is 2.25. The number of aldehydes is 1. The van der Waals surface area contributed by atoms with Gasteiger partial charge in [-0.15, -0.1) is 0 Å². The quantitative estimate of drug-likeness (QED) is 0.677. The minimum Gasteiger partial charge on any atom is -0.496 e. The monoisotopic (exact) mass is 299 g/mol. The lowest BCUT2D eigenvalue weighted by Gasteiger charge is -2.11. The molecule has 3 rings (SSSR count). The summed E-state index contributed by atoms with van der Waals surface area (Å²) in [5.74, 6) is 0.811. The summed E-state index contributed by atoms with van der Waals surface area (Å²) in [4.78, 5) is 10.8. The van der Waals surface area contributed by atoms with Crippen LogP contribution in [-0.4, -0.2) is 18.0 Å². The van der Waals surface area contributed by atoms with Crippen molar-refractivity contribution in [1.82, 2.24) is 4.57 Å². The lowest BCUT2D eigenvalue weighted by molar-refractivity contribution is 0.112. The largest absolute Gasteiger partial charge is 0.496 e. The van der Waals surface area contributed by atoms with Gasteiger partial charge in [0.2, 0.25) is 0 Å². The first-order valence-corrected chi connectivity index (χ1v) is 6.95. The van der Waals surface area contributed by atoms with E-state index in [0.29, 0.717) is 17.1 Å². The summed E-state index contributed by atoms with van der Waals surface area (Å²) in [7, 11) is 1.65. The number of fused-ring (bicyclic) bond motifs is 1. The van der Waals surface area contributed by atoms with Crippen molar-refractivity contribution in [3.8, 4) is 5.75 Å². The Kier molecular flexibility index (Phi) is 3.67. The molecule has 21 heavy (non-hydrogen) atoms. The summed E-state index contributed by atoms with van der Waals surface area (Å²) >= 11 is 6.07. The van der Waals surface area contributed by atoms with Gasteiger partial charge in [-0.1, -0.05) is 11.6 Å². The Morgan fingerprint density at radius 2 is 2.05 bits per heavy atom. The fourth-order valence-electron chi connectivity index (χ4n) is 2.48. The Bertz CT molecular complexity index is 808. The zero-order chi connectivity index (χ0) is 14.8. The second kappa shape index (κ2) is 5.62. The molecule has 0 saturated heterocycles. The standard InChI is InChI=1S/C17H14ClNO2/c1-21-17-5-3-15(18)9-14(17)10-19-7-6-13-8-12(11-20)2-4-16(13)19/h2-9,11H,10H2,1H3. The molecule has 4 heteroatoms. The molecule has 3 nitrogen and oxygen atoms in total. The van der Waals surface area contributed by atoms with E-state index in [0.717, 1.165) is 28.5 Å². The molecule has 1 heterocycles. The number of carbonyl (C=O) groups excluding carboxylic acids is 1. The van der Waals surface area contributed by atoms with Crippen molar-refractivity contribution < 1.29 is 9.53 Å². The summed E-state index contributed by atoms with van der Waals surface area (Å²) in [6, 6.07) is 13.2. The molecule has 0 spiro atoms. The second-order valence-corrected chi connectivity index (χ2v) is 5.27. The van der Waals surface area contributed by atoms with Gasteiger partial charge >= 0.3 is 0 Å². The van der Waals surface area contributed by atoms with E-state index < -0.39 is 0 Å². The average Bonchev–Trinajstić information content (AvgIpc) is 2.90. The molecule has 0 unspecified atom stereocenters. The summed E-state index contributed by atoms with van der Waals surface area (Å²) in [5, 5.41) is 1.73. The van der Waals surface area contributed by atoms with Crippen LogP contribution in [0.25, 0.3) is 10.9 Å². The van der Waals surface area contributed by atoms with Crippen molar-refractivity contribution in [2.45, 2.75) is 6.54 Å². The van der Waals surface area contributed by atoms with Crippen molar-refractivity contribution in [2.75, 3.05) is 7.11 Å². The SMILES string of the molecule is COc1ccc(Cl)cc1Cn1ccc2cc(C=O)ccc21. The maximum Gasteiger partial charge on any atom is 0.150 e. The first kappa shape index (κ1) is 13.7.